The number of nitrogens with zero attached hydrogens (tertiary/aromatic N) is 3. The van der Waals surface area contributed by atoms with Crippen molar-refractivity contribution in [3.63, 3.8) is 0 Å². The molecule has 12 atom stereocenters. The predicted octanol–water partition coefficient (Wildman–Crippen LogP) is 16.2. The second-order valence-corrected chi connectivity index (χ2v) is 25.6. The second-order valence-electron chi connectivity index (χ2n) is 25.6. The summed E-state index contributed by atoms with van der Waals surface area (Å²) < 4.78 is 2.91. The molecule has 1 aliphatic heterocycles. The van der Waals surface area contributed by atoms with Crippen LogP contribution in [0.3, 0.4) is 0 Å². The summed E-state index contributed by atoms with van der Waals surface area (Å²) in [7, 11) is 0. The summed E-state index contributed by atoms with van der Waals surface area (Å²) in [6.07, 6.45) is 26.0. The van der Waals surface area contributed by atoms with E-state index in [1.54, 1.807) is 16.5 Å². The Balaban J connectivity index is 1.06. The normalized spacial score (nSPS) is 35.0. The van der Waals surface area contributed by atoms with Gasteiger partial charge in [0, 0.05) is 50.3 Å². The SMILES string of the molecule is C1=CC2=CC3(C=C1)c1ccccc1C2c1nc2c(c4c5cc6c(c7c8c9c(nc3c8n(c14)c57)C1CC3CC4CC9CC34C1)-c1ccccc1-c1ccccc1-c1ccccc1-6)C1CC3CC4CC2CC43C1. The van der Waals surface area contributed by atoms with Crippen LogP contribution < -0.4 is 0 Å². The number of hydrogen-bond acceptors (Lipinski definition) is 2. The van der Waals surface area contributed by atoms with Crippen molar-refractivity contribution in [2.45, 2.75) is 99.2 Å². The fourth-order valence-corrected chi connectivity index (χ4v) is 21.3. The zero-order valence-electron chi connectivity index (χ0n) is 39.8. The largest absolute Gasteiger partial charge is 0.304 e. The molecule has 0 radical (unpaired) electrons. The van der Waals surface area contributed by atoms with Crippen LogP contribution >= 0.6 is 0 Å². The number of hydrogen-bond donors (Lipinski definition) is 0. The van der Waals surface area contributed by atoms with Gasteiger partial charge in [-0.1, -0.05) is 127 Å². The maximum absolute atomic E-state index is 6.51. The monoisotopic (exact) mass is 909 g/mol. The Morgan fingerprint density at radius 2 is 1.04 bits per heavy atom. The molecule has 3 heteroatoms. The summed E-state index contributed by atoms with van der Waals surface area (Å²) in [5, 5.41) is 6.05. The first-order valence-corrected chi connectivity index (χ1v) is 27.7. The molecule has 21 rings (SSSR count). The molecular formula is C68H51N3. The van der Waals surface area contributed by atoms with Crippen molar-refractivity contribution in [1.29, 1.82) is 0 Å². The summed E-state index contributed by atoms with van der Waals surface area (Å²) in [6.45, 7) is 0. The van der Waals surface area contributed by atoms with Gasteiger partial charge in [0.25, 0.3) is 0 Å². The standard InChI is InChI=1S/C68H51N3/c1-2-13-43-42(12-1)44-14-3-4-16-46(44)49-27-50-56-53-34-21-38-25-40-23-36(31-67(38,40)29-34)59(53)69-61-52-33-11-9-10-20-66(28-33,51-19-8-7-18-48(51)52)65-64-57(54-35-22-39-26-41-24-37(60(54)70-65)32-68(39,41)30-35)58(62(50)71(64)63(56)61)55(49)47-17-6-5-15-45(43)47/h1-20,27-28,34-41,52H,21-26,29-32H2. The van der Waals surface area contributed by atoms with Gasteiger partial charge in [0.15, 0.2) is 0 Å². The molecule has 3 spiro atoms. The highest BCUT2D eigenvalue weighted by Crippen LogP contribution is 2.78. The van der Waals surface area contributed by atoms with Crippen molar-refractivity contribution in [1.82, 2.24) is 14.4 Å². The average molecular weight is 910 g/mol. The van der Waals surface area contributed by atoms with E-state index < -0.39 is 5.41 Å². The molecule has 0 amide bonds. The van der Waals surface area contributed by atoms with Gasteiger partial charge in [-0.2, -0.15) is 0 Å². The Hall–Kier alpha value is -6.58. The molecular weight excluding hydrogens is 859 g/mol. The van der Waals surface area contributed by atoms with Gasteiger partial charge < -0.3 is 4.40 Å². The molecule has 5 heterocycles. The van der Waals surface area contributed by atoms with E-state index in [1.165, 1.54) is 181 Å². The van der Waals surface area contributed by atoms with Crippen LogP contribution in [0.4, 0.5) is 0 Å². The fourth-order valence-electron chi connectivity index (χ4n) is 21.3. The van der Waals surface area contributed by atoms with Gasteiger partial charge in [-0.05, 0) is 183 Å². The molecule has 5 aromatic carbocycles. The van der Waals surface area contributed by atoms with Crippen LogP contribution in [0.2, 0.25) is 0 Å². The third-order valence-corrected chi connectivity index (χ3v) is 23.5. The lowest BCUT2D eigenvalue weighted by atomic mass is 9.56. The molecule has 6 saturated carbocycles. The third-order valence-electron chi connectivity index (χ3n) is 23.5. The number of benzene rings is 5. The predicted molar refractivity (Wildman–Crippen MR) is 283 cm³/mol. The highest BCUT2D eigenvalue weighted by Gasteiger charge is 2.68. The fraction of sp³-hybridized carbons (Fsp3) is 0.324. The van der Waals surface area contributed by atoms with E-state index in [2.05, 4.69) is 138 Å². The van der Waals surface area contributed by atoms with Gasteiger partial charge in [-0.15, -0.1) is 0 Å². The molecule has 71 heavy (non-hydrogen) atoms. The second kappa shape index (κ2) is 11.4. The number of allylic oxidation sites excluding steroid dienone is 6. The molecule has 4 aromatic heterocycles. The van der Waals surface area contributed by atoms with Crippen molar-refractivity contribution in [3.8, 4) is 44.5 Å². The number of aromatic nitrogens is 3. The highest BCUT2D eigenvalue weighted by molar-refractivity contribution is 6.32. The molecule has 12 aliphatic rings. The molecule has 0 N–H and O–H groups in total. The summed E-state index contributed by atoms with van der Waals surface area (Å²) in [5.41, 5.74) is 28.6. The van der Waals surface area contributed by atoms with Gasteiger partial charge in [0.05, 0.1) is 39.3 Å². The van der Waals surface area contributed by atoms with E-state index in [1.807, 2.05) is 0 Å². The van der Waals surface area contributed by atoms with Crippen molar-refractivity contribution < 1.29 is 0 Å². The van der Waals surface area contributed by atoms with Gasteiger partial charge in [0.1, 0.15) is 0 Å². The molecule has 6 fully saturated rings. The number of pyridine rings is 2. The van der Waals surface area contributed by atoms with Crippen LogP contribution in [0.1, 0.15) is 139 Å². The van der Waals surface area contributed by atoms with E-state index >= 15 is 0 Å². The van der Waals surface area contributed by atoms with Crippen LogP contribution in [-0.4, -0.2) is 14.4 Å². The first-order chi connectivity index (χ1) is 35.1. The highest BCUT2D eigenvalue weighted by atomic mass is 15.0. The minimum Gasteiger partial charge on any atom is -0.304 e. The Morgan fingerprint density at radius 1 is 0.479 bits per heavy atom. The van der Waals surface area contributed by atoms with Gasteiger partial charge >= 0.3 is 0 Å². The zero-order chi connectivity index (χ0) is 45.2. The van der Waals surface area contributed by atoms with E-state index in [0.29, 0.717) is 34.5 Å². The summed E-state index contributed by atoms with van der Waals surface area (Å²) in [5.74, 6) is 5.60. The lowest BCUT2D eigenvalue weighted by Gasteiger charge is -2.48. The lowest BCUT2D eigenvalue weighted by Crippen LogP contribution is -2.41. The van der Waals surface area contributed by atoms with Crippen molar-refractivity contribution in [2.24, 2.45) is 34.5 Å². The first kappa shape index (κ1) is 36.4. The molecule has 0 saturated heterocycles. The first-order valence-electron chi connectivity index (χ1n) is 27.7. The molecule has 12 unspecified atom stereocenters. The molecule has 338 valence electrons. The molecule has 3 nitrogen and oxygen atoms in total. The van der Waals surface area contributed by atoms with Gasteiger partial charge in [-0.25, -0.2) is 0 Å². The van der Waals surface area contributed by atoms with Crippen LogP contribution in [-0.2, 0) is 5.41 Å². The lowest BCUT2D eigenvalue weighted by molar-refractivity contribution is 0.00321. The minimum absolute atomic E-state index is 0.0160. The van der Waals surface area contributed by atoms with E-state index in [0.717, 1.165) is 23.7 Å². The van der Waals surface area contributed by atoms with Crippen LogP contribution in [0, 0.1) is 34.5 Å². The molecule has 9 aromatic rings. The summed E-state index contributed by atoms with van der Waals surface area (Å²) >= 11 is 0. The maximum Gasteiger partial charge on any atom is 0.0836 e. The van der Waals surface area contributed by atoms with Gasteiger partial charge in [-0.3, -0.25) is 9.97 Å². The number of rotatable bonds is 0. The average Bonchev–Trinajstić information content (AvgIpc) is 4.23. The van der Waals surface area contributed by atoms with Crippen LogP contribution in [0.15, 0.2) is 139 Å². The minimum atomic E-state index is -0.547. The maximum atomic E-state index is 6.51. The van der Waals surface area contributed by atoms with Gasteiger partial charge in [0.2, 0.25) is 0 Å². The Bertz CT molecular complexity index is 4230. The zero-order valence-corrected chi connectivity index (χ0v) is 39.8. The van der Waals surface area contributed by atoms with Crippen LogP contribution in [0.5, 0.6) is 0 Å². The Labute approximate surface area is 412 Å². The molecule has 11 aliphatic carbocycles. The van der Waals surface area contributed by atoms with Crippen molar-refractivity contribution >= 4 is 38.1 Å². The van der Waals surface area contributed by atoms with Crippen molar-refractivity contribution in [3.05, 3.63) is 184 Å². The third kappa shape index (κ3) is 3.70. The van der Waals surface area contributed by atoms with E-state index in [9.17, 15) is 0 Å². The van der Waals surface area contributed by atoms with Crippen molar-refractivity contribution in [2.75, 3.05) is 0 Å². The number of fused-ring (bicyclic) bond motifs is 25. The van der Waals surface area contributed by atoms with E-state index in [-0.39, 0.29) is 5.92 Å². The summed E-state index contributed by atoms with van der Waals surface area (Å²) in [4.78, 5) is 13.0. The topological polar surface area (TPSA) is 30.2 Å². The Kier molecular flexibility index (Phi) is 5.82. The summed E-state index contributed by atoms with van der Waals surface area (Å²) in [6, 6.07) is 40.7. The van der Waals surface area contributed by atoms with E-state index in [4.69, 9.17) is 9.97 Å². The molecule has 9 bridgehead atoms. The smallest absolute Gasteiger partial charge is 0.0836 e. The Morgan fingerprint density at radius 3 is 1.73 bits per heavy atom. The van der Waals surface area contributed by atoms with Crippen LogP contribution in [0.25, 0.3) is 82.6 Å². The quantitative estimate of drug-likeness (QED) is 0.152.